The zero-order valence-electron chi connectivity index (χ0n) is 4.71. The number of nitrogens with zero attached hydrogens (tertiary/aromatic N) is 1. The Morgan fingerprint density at radius 1 is 1.33 bits per heavy atom. The highest BCUT2D eigenvalue weighted by molar-refractivity contribution is 9.10. The second-order valence-corrected chi connectivity index (χ2v) is 2.43. The van der Waals surface area contributed by atoms with Crippen molar-refractivity contribution < 1.29 is 5.53 Å². The summed E-state index contributed by atoms with van der Waals surface area (Å²) >= 11 is 3.28. The first-order valence-electron chi connectivity index (χ1n) is 2.50. The summed E-state index contributed by atoms with van der Waals surface area (Å²) < 4.78 is 0.924. The number of benzene rings is 1. The van der Waals surface area contributed by atoms with E-state index in [0.29, 0.717) is 0 Å². The van der Waals surface area contributed by atoms with E-state index in [4.69, 9.17) is 5.53 Å². The Labute approximate surface area is 61.5 Å². The third-order valence-electron chi connectivity index (χ3n) is 0.992. The number of rotatable bonds is 1. The van der Waals surface area contributed by atoms with Crippen molar-refractivity contribution in [2.45, 2.75) is 0 Å². The van der Waals surface area contributed by atoms with Crippen molar-refractivity contribution in [1.82, 2.24) is 0 Å². The van der Waals surface area contributed by atoms with Gasteiger partial charge >= 0.3 is 0 Å². The molecule has 0 bridgehead atoms. The Balaban J connectivity index is 3.15. The van der Waals surface area contributed by atoms with Crippen LogP contribution in [0.3, 0.4) is 0 Å². The topological polar surface area (TPSA) is 38.0 Å². The molecule has 0 atom stereocenters. The molecule has 0 saturated heterocycles. The lowest BCUT2D eigenvalue weighted by Crippen LogP contribution is -2.21. The number of hydrogen-bond acceptors (Lipinski definition) is 1. The molecule has 0 radical (unpaired) electrons. The molecule has 2 nitrogen and oxygen atoms in total. The van der Waals surface area contributed by atoms with E-state index in [2.05, 4.69) is 21.0 Å². The van der Waals surface area contributed by atoms with E-state index < -0.39 is 0 Å². The van der Waals surface area contributed by atoms with Gasteiger partial charge in [-0.05, 0) is 33.2 Å². The Bertz CT molecular complexity index is 222. The molecule has 0 spiro atoms. The van der Waals surface area contributed by atoms with Crippen LogP contribution in [-0.2, 0) is 0 Å². The highest BCUT2D eigenvalue weighted by atomic mass is 79.9. The predicted molar refractivity (Wildman–Crippen MR) is 38.2 cm³/mol. The molecule has 0 aromatic heterocycles. The second-order valence-electron chi connectivity index (χ2n) is 1.58. The van der Waals surface area contributed by atoms with Crippen LogP contribution in [0.15, 0.2) is 33.9 Å². The van der Waals surface area contributed by atoms with Crippen molar-refractivity contribution in [3.8, 4) is 0 Å². The third-order valence-corrected chi connectivity index (χ3v) is 1.66. The Morgan fingerprint density at radius 3 is 2.44 bits per heavy atom. The van der Waals surface area contributed by atoms with Gasteiger partial charge in [-0.2, -0.15) is 5.53 Å². The van der Waals surface area contributed by atoms with Gasteiger partial charge in [0.2, 0.25) is 0 Å². The van der Waals surface area contributed by atoms with Crippen LogP contribution in [0.25, 0.3) is 0 Å². The van der Waals surface area contributed by atoms with E-state index in [1.807, 2.05) is 24.3 Å². The fourth-order valence-electron chi connectivity index (χ4n) is 0.556. The largest absolute Gasteiger partial charge is 0.152 e. The van der Waals surface area contributed by atoms with Crippen molar-refractivity contribution in [2.24, 2.45) is 5.11 Å². The Kier molecular flexibility index (Phi) is 1.95. The zero-order valence-corrected chi connectivity index (χ0v) is 6.30. The third kappa shape index (κ3) is 1.36. The molecule has 9 heavy (non-hydrogen) atoms. The molecule has 1 aromatic carbocycles. The van der Waals surface area contributed by atoms with E-state index >= 15 is 0 Å². The van der Waals surface area contributed by atoms with Gasteiger partial charge in [0, 0.05) is 4.47 Å². The van der Waals surface area contributed by atoms with Crippen LogP contribution >= 0.6 is 15.9 Å². The smallest absolute Gasteiger partial charge is 0.144 e. The van der Waals surface area contributed by atoms with E-state index in [1.165, 1.54) is 0 Å². The molecule has 0 aliphatic carbocycles. The van der Waals surface area contributed by atoms with E-state index in [9.17, 15) is 0 Å². The average Bonchev–Trinajstić information content (AvgIpc) is 1.89. The van der Waals surface area contributed by atoms with Crippen LogP contribution in [0.2, 0.25) is 0 Å². The van der Waals surface area contributed by atoms with Gasteiger partial charge in [-0.1, -0.05) is 12.1 Å². The highest BCUT2D eigenvalue weighted by Gasteiger charge is 1.94. The standard InChI is InChI=1S/C6H5BrN2/c7-5-3-1-2-4-6(5)9-8/h1-4,8H/p+1. The monoisotopic (exact) mass is 185 g/mol. The van der Waals surface area contributed by atoms with Gasteiger partial charge in [-0.3, -0.25) is 0 Å². The van der Waals surface area contributed by atoms with Gasteiger partial charge in [-0.15, -0.1) is 0 Å². The summed E-state index contributed by atoms with van der Waals surface area (Å²) in [5, 5.41) is 3.52. The Morgan fingerprint density at radius 2 is 2.00 bits per heavy atom. The van der Waals surface area contributed by atoms with Crippen LogP contribution in [-0.4, -0.2) is 0 Å². The molecule has 0 aliphatic heterocycles. The molecule has 0 fully saturated rings. The first-order chi connectivity index (χ1) is 4.34. The maximum atomic E-state index is 5.05. The van der Waals surface area contributed by atoms with Crippen molar-refractivity contribution in [2.75, 3.05) is 0 Å². The summed E-state index contributed by atoms with van der Waals surface area (Å²) in [6.45, 7) is 0. The number of nitrogens with two attached hydrogens (primary N) is 1. The fourth-order valence-corrected chi connectivity index (χ4v) is 0.944. The molecule has 1 aromatic rings. The maximum Gasteiger partial charge on any atom is 0.144 e. The van der Waals surface area contributed by atoms with Gasteiger partial charge in [-0.25, -0.2) is 0 Å². The lowest BCUT2D eigenvalue weighted by Gasteiger charge is -1.88. The fraction of sp³-hybridized carbons (Fsp3) is 0. The maximum absolute atomic E-state index is 5.05. The summed E-state index contributed by atoms with van der Waals surface area (Å²) in [5.41, 5.74) is 5.82. The molecule has 3 heteroatoms. The SMILES string of the molecule is [NH2+]=Nc1ccccc1Br. The normalized spacial score (nSPS) is 9.00. The molecular formula is C6H6BrN2+. The molecule has 0 saturated carbocycles. The second kappa shape index (κ2) is 2.73. The minimum absolute atomic E-state index is 0.775. The lowest BCUT2D eigenvalue weighted by atomic mass is 10.3. The van der Waals surface area contributed by atoms with Crippen LogP contribution in [0.5, 0.6) is 0 Å². The quantitative estimate of drug-likeness (QED) is 0.642. The van der Waals surface area contributed by atoms with Gasteiger partial charge < -0.3 is 0 Å². The number of hydrogen-bond donors (Lipinski definition) is 1. The molecule has 0 unspecified atom stereocenters. The lowest BCUT2D eigenvalue weighted by molar-refractivity contribution is -0.210. The summed E-state index contributed by atoms with van der Waals surface area (Å²) in [6.07, 6.45) is 0. The molecule has 2 N–H and O–H groups in total. The average molecular weight is 186 g/mol. The van der Waals surface area contributed by atoms with Crippen LogP contribution < -0.4 is 5.53 Å². The molecular weight excluding hydrogens is 180 g/mol. The highest BCUT2D eigenvalue weighted by Crippen LogP contribution is 2.22. The molecule has 0 amide bonds. The van der Waals surface area contributed by atoms with Gasteiger partial charge in [0.25, 0.3) is 0 Å². The van der Waals surface area contributed by atoms with Crippen LogP contribution in [0.4, 0.5) is 5.69 Å². The van der Waals surface area contributed by atoms with Crippen molar-refractivity contribution in [1.29, 1.82) is 0 Å². The van der Waals surface area contributed by atoms with Gasteiger partial charge in [0.05, 0.1) is 0 Å². The molecule has 0 heterocycles. The predicted octanol–water partition coefficient (Wildman–Crippen LogP) is 1.29. The van der Waals surface area contributed by atoms with Crippen molar-refractivity contribution in [3.63, 3.8) is 0 Å². The minimum Gasteiger partial charge on any atom is -0.152 e. The van der Waals surface area contributed by atoms with E-state index in [-0.39, 0.29) is 0 Å². The summed E-state index contributed by atoms with van der Waals surface area (Å²) in [6, 6.07) is 7.53. The van der Waals surface area contributed by atoms with Crippen LogP contribution in [0, 0.1) is 0 Å². The summed E-state index contributed by atoms with van der Waals surface area (Å²) in [7, 11) is 0. The first-order valence-corrected chi connectivity index (χ1v) is 3.29. The van der Waals surface area contributed by atoms with E-state index in [0.717, 1.165) is 10.2 Å². The Hall–Kier alpha value is -0.700. The molecule has 46 valence electrons. The molecule has 1 rings (SSSR count). The van der Waals surface area contributed by atoms with Crippen molar-refractivity contribution in [3.05, 3.63) is 28.7 Å². The number of halogens is 1. The van der Waals surface area contributed by atoms with Crippen LogP contribution in [0.1, 0.15) is 0 Å². The molecule has 0 aliphatic rings. The van der Waals surface area contributed by atoms with Crippen molar-refractivity contribution >= 4 is 21.6 Å². The summed E-state index contributed by atoms with van der Waals surface area (Å²) in [4.78, 5) is 0. The first kappa shape index (κ1) is 6.42. The summed E-state index contributed by atoms with van der Waals surface area (Å²) in [5.74, 6) is 0. The van der Waals surface area contributed by atoms with E-state index in [1.54, 1.807) is 0 Å². The van der Waals surface area contributed by atoms with Gasteiger partial charge in [0.15, 0.2) is 0 Å². The minimum atomic E-state index is 0.775. The zero-order chi connectivity index (χ0) is 6.69. The van der Waals surface area contributed by atoms with Gasteiger partial charge in [0.1, 0.15) is 5.69 Å².